The molecule has 0 bridgehead atoms. The highest BCUT2D eigenvalue weighted by Crippen LogP contribution is 2.58. The molecule has 4 aliphatic rings. The van der Waals surface area contributed by atoms with Crippen LogP contribution in [0.25, 0.3) is 16.7 Å². The molecule has 2 amide bonds. The Balaban J connectivity index is 1.31. The summed E-state index contributed by atoms with van der Waals surface area (Å²) in [6.07, 6.45) is 2.42. The molecule has 2 heterocycles. The van der Waals surface area contributed by atoms with Gasteiger partial charge in [0, 0.05) is 22.6 Å². The van der Waals surface area contributed by atoms with E-state index in [1.165, 1.54) is 12.0 Å². The molecule has 190 valence electrons. The van der Waals surface area contributed by atoms with E-state index in [2.05, 4.69) is 0 Å². The maximum Gasteiger partial charge on any atom is 0.238 e. The molecular weight excluding hydrogens is 482 g/mol. The van der Waals surface area contributed by atoms with Gasteiger partial charge in [0.05, 0.1) is 24.6 Å². The van der Waals surface area contributed by atoms with Gasteiger partial charge < -0.3 is 14.6 Å². The molecule has 0 aromatic heterocycles. The van der Waals surface area contributed by atoms with E-state index in [-0.39, 0.29) is 29.3 Å². The highest BCUT2D eigenvalue weighted by Gasteiger charge is 2.59. The van der Waals surface area contributed by atoms with E-state index in [9.17, 15) is 19.5 Å². The number of ketones is 1. The first-order valence-electron chi connectivity index (χ1n) is 12.7. The number of carbonyl (C=O) groups is 3. The van der Waals surface area contributed by atoms with Gasteiger partial charge in [0.2, 0.25) is 17.6 Å². The van der Waals surface area contributed by atoms with Crippen LogP contribution in [0.4, 0.5) is 5.69 Å². The first-order valence-corrected chi connectivity index (χ1v) is 12.7. The molecule has 7 nitrogen and oxygen atoms in total. The van der Waals surface area contributed by atoms with Crippen molar-refractivity contribution in [1.29, 1.82) is 0 Å². The fourth-order valence-corrected chi connectivity index (χ4v) is 6.81. The Morgan fingerprint density at radius 1 is 0.921 bits per heavy atom. The van der Waals surface area contributed by atoms with Gasteiger partial charge in [0.25, 0.3) is 0 Å². The smallest absolute Gasteiger partial charge is 0.238 e. The average Bonchev–Trinajstić information content (AvgIpc) is 3.34. The standard InChI is InChI=1S/C31H25NO6/c1-31(2)25-17(20-12-13-23(37-3)27(34)28(20)38-31)10-11-21-24(25)30(36)32(29(21)35)15-8-9-19-22(14-15)16-6-4-5-7-18(16)26(19)33/h4-10,12-14,21,24-25,34H,11H2,1-3H3/t21-,24-,25+/m0/s1. The van der Waals surface area contributed by atoms with Crippen LogP contribution in [0.3, 0.4) is 0 Å². The van der Waals surface area contributed by atoms with Crippen LogP contribution in [0.2, 0.25) is 0 Å². The van der Waals surface area contributed by atoms with Gasteiger partial charge in [-0.2, -0.15) is 0 Å². The summed E-state index contributed by atoms with van der Waals surface area (Å²) in [4.78, 5) is 42.0. The van der Waals surface area contributed by atoms with Crippen molar-refractivity contribution in [2.45, 2.75) is 25.9 Å². The van der Waals surface area contributed by atoms with Crippen molar-refractivity contribution in [3.8, 4) is 28.4 Å². The number of aromatic hydroxyl groups is 1. The van der Waals surface area contributed by atoms with Gasteiger partial charge >= 0.3 is 0 Å². The van der Waals surface area contributed by atoms with E-state index in [1.807, 2.05) is 44.2 Å². The number of methoxy groups -OCH3 is 1. The van der Waals surface area contributed by atoms with Crippen LogP contribution in [0.5, 0.6) is 17.2 Å². The average molecular weight is 508 g/mol. The van der Waals surface area contributed by atoms with Crippen molar-refractivity contribution in [1.82, 2.24) is 0 Å². The number of ether oxygens (including phenoxy) is 2. The summed E-state index contributed by atoms with van der Waals surface area (Å²) in [5, 5.41) is 10.8. The van der Waals surface area contributed by atoms with Crippen LogP contribution in [0, 0.1) is 17.8 Å². The Hall–Kier alpha value is -4.39. The Labute approximate surface area is 219 Å². The summed E-state index contributed by atoms with van der Waals surface area (Å²) in [6.45, 7) is 3.77. The number of hydrogen-bond acceptors (Lipinski definition) is 6. The van der Waals surface area contributed by atoms with E-state index in [0.29, 0.717) is 40.3 Å². The monoisotopic (exact) mass is 507 g/mol. The number of imide groups is 1. The van der Waals surface area contributed by atoms with E-state index < -0.39 is 17.4 Å². The Morgan fingerprint density at radius 3 is 2.39 bits per heavy atom. The molecule has 0 saturated carbocycles. The number of anilines is 1. The van der Waals surface area contributed by atoms with Crippen molar-refractivity contribution < 1.29 is 29.0 Å². The second-order valence-corrected chi connectivity index (χ2v) is 10.8. The lowest BCUT2D eigenvalue weighted by molar-refractivity contribution is -0.124. The highest BCUT2D eigenvalue weighted by atomic mass is 16.5. The summed E-state index contributed by atoms with van der Waals surface area (Å²) in [5.74, 6) is -1.54. The summed E-state index contributed by atoms with van der Waals surface area (Å²) < 4.78 is 11.6. The number of amides is 2. The van der Waals surface area contributed by atoms with Crippen LogP contribution < -0.4 is 14.4 Å². The van der Waals surface area contributed by atoms with Gasteiger partial charge in [-0.1, -0.05) is 30.3 Å². The number of benzene rings is 3. The summed E-state index contributed by atoms with van der Waals surface area (Å²) in [5.41, 5.74) is 3.94. The molecule has 7 heteroatoms. The van der Waals surface area contributed by atoms with Crippen molar-refractivity contribution in [3.05, 3.63) is 77.4 Å². The first-order chi connectivity index (χ1) is 18.2. The third-order valence-corrected chi connectivity index (χ3v) is 8.47. The number of nitrogens with zero attached hydrogens (tertiary/aromatic N) is 1. The number of carbonyl (C=O) groups excluding carboxylic acids is 3. The topological polar surface area (TPSA) is 93.1 Å². The molecule has 1 saturated heterocycles. The van der Waals surface area contributed by atoms with E-state index in [0.717, 1.165) is 16.7 Å². The third kappa shape index (κ3) is 2.81. The lowest BCUT2D eigenvalue weighted by Gasteiger charge is -2.46. The van der Waals surface area contributed by atoms with Crippen LogP contribution in [0.1, 0.15) is 41.8 Å². The molecule has 1 N–H and O–H groups in total. The second kappa shape index (κ2) is 7.57. The lowest BCUT2D eigenvalue weighted by atomic mass is 9.64. The molecule has 1 fully saturated rings. The van der Waals surface area contributed by atoms with Crippen molar-refractivity contribution in [2.24, 2.45) is 17.8 Å². The minimum Gasteiger partial charge on any atom is -0.502 e. The van der Waals surface area contributed by atoms with Crippen LogP contribution >= 0.6 is 0 Å². The van der Waals surface area contributed by atoms with Gasteiger partial charge in [-0.05, 0) is 67.3 Å². The fraction of sp³-hybridized carbons (Fsp3) is 0.258. The number of hydrogen-bond donors (Lipinski definition) is 1. The maximum atomic E-state index is 14.1. The third-order valence-electron chi connectivity index (χ3n) is 8.47. The Kier molecular flexibility index (Phi) is 4.54. The van der Waals surface area contributed by atoms with E-state index in [1.54, 1.807) is 30.3 Å². The highest BCUT2D eigenvalue weighted by molar-refractivity contribution is 6.25. The largest absolute Gasteiger partial charge is 0.502 e. The molecule has 0 radical (unpaired) electrons. The fourth-order valence-electron chi connectivity index (χ4n) is 6.81. The molecule has 3 aromatic carbocycles. The molecule has 7 rings (SSSR count). The van der Waals surface area contributed by atoms with Gasteiger partial charge in [-0.15, -0.1) is 0 Å². The van der Waals surface area contributed by atoms with Crippen molar-refractivity contribution >= 4 is 28.9 Å². The van der Waals surface area contributed by atoms with Gasteiger partial charge in [-0.25, -0.2) is 0 Å². The quantitative estimate of drug-likeness (QED) is 0.384. The predicted molar refractivity (Wildman–Crippen MR) is 140 cm³/mol. The molecular formula is C31H25NO6. The van der Waals surface area contributed by atoms with Gasteiger partial charge in [0.15, 0.2) is 17.3 Å². The molecule has 3 atom stereocenters. The van der Waals surface area contributed by atoms with E-state index >= 15 is 0 Å². The van der Waals surface area contributed by atoms with E-state index in [4.69, 9.17) is 9.47 Å². The van der Waals surface area contributed by atoms with Crippen LogP contribution in [-0.2, 0) is 9.59 Å². The number of phenols is 1. The predicted octanol–water partition coefficient (Wildman–Crippen LogP) is 4.99. The van der Waals surface area contributed by atoms with Crippen molar-refractivity contribution in [2.75, 3.05) is 12.0 Å². The first kappa shape index (κ1) is 22.8. The SMILES string of the molecule is COc1ccc2c(c1O)OC(C)(C)[C@@H]1C2=CC[C@@H]2C(=O)N(c3ccc4c(c3)-c3ccccc3C4=O)C(=O)[C@@H]21. The number of allylic oxidation sites excluding steroid dienone is 1. The second-order valence-electron chi connectivity index (χ2n) is 10.8. The Morgan fingerprint density at radius 2 is 1.63 bits per heavy atom. The molecule has 3 aromatic rings. The van der Waals surface area contributed by atoms with Gasteiger partial charge in [-0.3, -0.25) is 19.3 Å². The normalized spacial score (nSPS) is 24.1. The molecule has 0 spiro atoms. The Bertz CT molecular complexity index is 1630. The van der Waals surface area contributed by atoms with Crippen molar-refractivity contribution in [3.63, 3.8) is 0 Å². The molecule has 2 aliphatic carbocycles. The molecule has 38 heavy (non-hydrogen) atoms. The number of phenolic OH excluding ortho intramolecular Hbond substituents is 1. The zero-order valence-electron chi connectivity index (χ0n) is 21.1. The van der Waals surface area contributed by atoms with Gasteiger partial charge in [0.1, 0.15) is 5.60 Å². The molecule has 2 aliphatic heterocycles. The minimum atomic E-state index is -0.874. The molecule has 0 unspecified atom stereocenters. The lowest BCUT2D eigenvalue weighted by Crippen LogP contribution is -2.49. The van der Waals surface area contributed by atoms with Crippen LogP contribution in [-0.4, -0.2) is 35.4 Å². The summed E-state index contributed by atoms with van der Waals surface area (Å²) >= 11 is 0. The van der Waals surface area contributed by atoms with Crippen LogP contribution in [0.15, 0.2) is 60.7 Å². The minimum absolute atomic E-state index is 0.0524. The zero-order valence-corrected chi connectivity index (χ0v) is 21.1. The summed E-state index contributed by atoms with van der Waals surface area (Å²) in [7, 11) is 1.48. The maximum absolute atomic E-state index is 14.1. The number of rotatable bonds is 2. The number of fused-ring (bicyclic) bond motifs is 8. The summed E-state index contributed by atoms with van der Waals surface area (Å²) in [6, 6.07) is 16.1. The zero-order chi connectivity index (χ0) is 26.5.